The summed E-state index contributed by atoms with van der Waals surface area (Å²) >= 11 is 0. The summed E-state index contributed by atoms with van der Waals surface area (Å²) in [6.45, 7) is 12.7. The van der Waals surface area contributed by atoms with Crippen molar-refractivity contribution in [3.8, 4) is 5.69 Å². The van der Waals surface area contributed by atoms with E-state index in [2.05, 4.69) is 11.6 Å². The summed E-state index contributed by atoms with van der Waals surface area (Å²) in [5.41, 5.74) is 1.97. The molecule has 0 radical (unpaired) electrons. The number of halogens is 1. The first-order valence-corrected chi connectivity index (χ1v) is 9.81. The van der Waals surface area contributed by atoms with Gasteiger partial charge in [-0.15, -0.1) is 0 Å². The molecule has 3 heterocycles. The molecule has 0 unspecified atom stereocenters. The Kier molecular flexibility index (Phi) is 5.86. The van der Waals surface area contributed by atoms with E-state index in [0.29, 0.717) is 36.7 Å². The van der Waals surface area contributed by atoms with Crippen molar-refractivity contribution in [2.45, 2.75) is 39.7 Å². The van der Waals surface area contributed by atoms with Crippen LogP contribution in [0.4, 0.5) is 10.1 Å². The van der Waals surface area contributed by atoms with Gasteiger partial charge in [-0.2, -0.15) is 4.39 Å². The monoisotopic (exact) mass is 398 g/mol. The quantitative estimate of drug-likeness (QED) is 0.587. The SMILES string of the molecule is C=CC(=O)N1CCN(c2ccc(F)n(-c3c(C)ccnc3C(C)C)c2=O)[C@@H](C)C1. The highest BCUT2D eigenvalue weighted by Crippen LogP contribution is 2.25. The smallest absolute Gasteiger partial charge is 0.280 e. The van der Waals surface area contributed by atoms with Crippen molar-refractivity contribution in [2.75, 3.05) is 24.5 Å². The van der Waals surface area contributed by atoms with Crippen molar-refractivity contribution in [1.82, 2.24) is 14.5 Å². The van der Waals surface area contributed by atoms with E-state index >= 15 is 0 Å². The maximum atomic E-state index is 14.9. The van der Waals surface area contributed by atoms with Gasteiger partial charge >= 0.3 is 0 Å². The summed E-state index contributed by atoms with van der Waals surface area (Å²) in [7, 11) is 0. The number of hydrogen-bond donors (Lipinski definition) is 0. The molecule has 1 atom stereocenters. The van der Waals surface area contributed by atoms with E-state index in [4.69, 9.17) is 0 Å². The molecule has 0 spiro atoms. The van der Waals surface area contributed by atoms with E-state index in [1.807, 2.05) is 32.6 Å². The van der Waals surface area contributed by atoms with Gasteiger partial charge in [-0.3, -0.25) is 14.6 Å². The standard InChI is InChI=1S/C22H27FN4O2/c1-6-19(28)25-11-12-26(16(5)13-25)17-7-8-18(23)27(22(17)29)21-15(4)9-10-24-20(21)14(2)3/h6-10,14,16H,1,11-13H2,2-5H3/t16-/m0/s1. The molecule has 1 aliphatic heterocycles. The van der Waals surface area contributed by atoms with Gasteiger partial charge in [0.15, 0.2) is 0 Å². The number of aryl methyl sites for hydroxylation is 1. The number of aromatic nitrogens is 2. The summed E-state index contributed by atoms with van der Waals surface area (Å²) < 4.78 is 16.0. The molecule has 0 N–H and O–H groups in total. The van der Waals surface area contributed by atoms with Crippen LogP contribution in [0.15, 0.2) is 41.8 Å². The van der Waals surface area contributed by atoms with Crippen molar-refractivity contribution < 1.29 is 9.18 Å². The van der Waals surface area contributed by atoms with Gasteiger partial charge in [-0.1, -0.05) is 20.4 Å². The number of amides is 1. The molecule has 0 aliphatic carbocycles. The van der Waals surface area contributed by atoms with Crippen LogP contribution in [0.1, 0.15) is 37.9 Å². The van der Waals surface area contributed by atoms with Crippen molar-refractivity contribution in [2.24, 2.45) is 0 Å². The van der Waals surface area contributed by atoms with Crippen molar-refractivity contribution >= 4 is 11.6 Å². The molecule has 154 valence electrons. The zero-order valence-electron chi connectivity index (χ0n) is 17.4. The van der Waals surface area contributed by atoms with Crippen LogP contribution in [0.2, 0.25) is 0 Å². The van der Waals surface area contributed by atoms with Crippen molar-refractivity contribution in [1.29, 1.82) is 0 Å². The Morgan fingerprint density at radius 3 is 2.66 bits per heavy atom. The van der Waals surface area contributed by atoms with E-state index in [1.165, 1.54) is 18.2 Å². The highest BCUT2D eigenvalue weighted by molar-refractivity contribution is 5.87. The largest absolute Gasteiger partial charge is 0.361 e. The van der Waals surface area contributed by atoms with Gasteiger partial charge in [0.05, 0.1) is 11.4 Å². The number of carbonyl (C=O) groups excluding carboxylic acids is 1. The third-order valence-electron chi connectivity index (χ3n) is 5.36. The Balaban J connectivity index is 2.08. The minimum atomic E-state index is -0.620. The first-order chi connectivity index (χ1) is 13.8. The molecule has 1 fully saturated rings. The third kappa shape index (κ3) is 3.81. The Bertz CT molecular complexity index is 999. The number of carbonyl (C=O) groups is 1. The van der Waals surface area contributed by atoms with Gasteiger partial charge in [0.1, 0.15) is 5.69 Å². The van der Waals surface area contributed by atoms with Gasteiger partial charge in [-0.25, -0.2) is 4.57 Å². The molecule has 3 rings (SSSR count). The van der Waals surface area contributed by atoms with E-state index in [1.54, 1.807) is 17.2 Å². The molecule has 2 aromatic rings. The number of nitrogens with zero attached hydrogens (tertiary/aromatic N) is 4. The number of anilines is 1. The van der Waals surface area contributed by atoms with Gasteiger partial charge in [0.2, 0.25) is 11.9 Å². The zero-order chi connectivity index (χ0) is 21.3. The lowest BCUT2D eigenvalue weighted by Crippen LogP contribution is -2.54. The van der Waals surface area contributed by atoms with Crippen LogP contribution in [0.3, 0.4) is 0 Å². The topological polar surface area (TPSA) is 58.4 Å². The van der Waals surface area contributed by atoms with Crippen molar-refractivity contribution in [3.63, 3.8) is 0 Å². The number of hydrogen-bond acceptors (Lipinski definition) is 4. The Morgan fingerprint density at radius 2 is 2.03 bits per heavy atom. The van der Waals surface area contributed by atoms with Crippen LogP contribution in [0.25, 0.3) is 5.69 Å². The van der Waals surface area contributed by atoms with E-state index < -0.39 is 11.5 Å². The Labute approximate surface area is 170 Å². The van der Waals surface area contributed by atoms with Gasteiger partial charge in [-0.05, 0) is 49.6 Å². The Hall–Kier alpha value is -2.96. The molecule has 29 heavy (non-hydrogen) atoms. The van der Waals surface area contributed by atoms with Crippen LogP contribution in [-0.2, 0) is 4.79 Å². The molecular formula is C22H27FN4O2. The van der Waals surface area contributed by atoms with Crippen LogP contribution in [0.5, 0.6) is 0 Å². The minimum Gasteiger partial charge on any atom is -0.361 e. The average molecular weight is 398 g/mol. The lowest BCUT2D eigenvalue weighted by Gasteiger charge is -2.40. The number of piperazine rings is 1. The van der Waals surface area contributed by atoms with Crippen LogP contribution in [0, 0.1) is 12.9 Å². The predicted molar refractivity (Wildman–Crippen MR) is 112 cm³/mol. The van der Waals surface area contributed by atoms with E-state index in [0.717, 1.165) is 10.1 Å². The average Bonchev–Trinajstić information content (AvgIpc) is 2.69. The highest BCUT2D eigenvalue weighted by Gasteiger charge is 2.29. The van der Waals surface area contributed by atoms with Gasteiger partial charge in [0, 0.05) is 31.9 Å². The van der Waals surface area contributed by atoms with Crippen molar-refractivity contribution in [3.05, 3.63) is 64.6 Å². The summed E-state index contributed by atoms with van der Waals surface area (Å²) in [5.74, 6) is -0.710. The molecule has 0 aromatic carbocycles. The summed E-state index contributed by atoms with van der Waals surface area (Å²) in [4.78, 5) is 33.3. The predicted octanol–water partition coefficient (Wildman–Crippen LogP) is 3.03. The second-order valence-electron chi connectivity index (χ2n) is 7.73. The second-order valence-corrected chi connectivity index (χ2v) is 7.73. The summed E-state index contributed by atoms with van der Waals surface area (Å²) in [6.07, 6.45) is 2.98. The normalized spacial score (nSPS) is 17.0. The molecular weight excluding hydrogens is 371 g/mol. The van der Waals surface area contributed by atoms with Crippen LogP contribution < -0.4 is 10.5 Å². The number of pyridine rings is 2. The van der Waals surface area contributed by atoms with Crippen LogP contribution >= 0.6 is 0 Å². The summed E-state index contributed by atoms with van der Waals surface area (Å²) in [6, 6.07) is 4.54. The lowest BCUT2D eigenvalue weighted by molar-refractivity contribution is -0.126. The third-order valence-corrected chi connectivity index (χ3v) is 5.36. The van der Waals surface area contributed by atoms with Crippen LogP contribution in [-0.4, -0.2) is 46.0 Å². The fourth-order valence-electron chi connectivity index (χ4n) is 3.86. The van der Waals surface area contributed by atoms with Gasteiger partial charge in [0.25, 0.3) is 5.56 Å². The fraction of sp³-hybridized carbons (Fsp3) is 0.409. The molecule has 0 saturated carbocycles. The molecule has 6 nitrogen and oxygen atoms in total. The maximum Gasteiger partial charge on any atom is 0.280 e. The maximum absolute atomic E-state index is 14.9. The molecule has 2 aromatic heterocycles. The molecule has 1 aliphatic rings. The minimum absolute atomic E-state index is 0.0345. The summed E-state index contributed by atoms with van der Waals surface area (Å²) in [5, 5.41) is 0. The molecule has 0 bridgehead atoms. The Morgan fingerprint density at radius 1 is 1.31 bits per heavy atom. The molecule has 7 heteroatoms. The lowest BCUT2D eigenvalue weighted by atomic mass is 10.0. The first-order valence-electron chi connectivity index (χ1n) is 9.81. The van der Waals surface area contributed by atoms with E-state index in [9.17, 15) is 14.0 Å². The number of rotatable bonds is 4. The highest BCUT2D eigenvalue weighted by atomic mass is 19.1. The first kappa shape index (κ1) is 20.8. The molecule has 1 saturated heterocycles. The zero-order valence-corrected chi connectivity index (χ0v) is 17.4. The van der Waals surface area contributed by atoms with E-state index in [-0.39, 0.29) is 17.9 Å². The second kappa shape index (κ2) is 8.19. The fourth-order valence-corrected chi connectivity index (χ4v) is 3.86. The van der Waals surface area contributed by atoms with Gasteiger partial charge < -0.3 is 9.80 Å². The molecule has 1 amide bonds.